The molecule has 0 N–H and O–H groups in total. The average Bonchev–Trinajstić information content (AvgIpc) is 1.53. The number of anilines is 6. The van der Waals surface area contributed by atoms with Gasteiger partial charge in [0.15, 0.2) is 0 Å². The summed E-state index contributed by atoms with van der Waals surface area (Å²) >= 11 is 0. The minimum Gasteiger partial charge on any atom is -0.310 e. The lowest BCUT2D eigenvalue weighted by atomic mass is 9.67. The van der Waals surface area contributed by atoms with Crippen molar-refractivity contribution < 1.29 is 0 Å². The molecule has 2 heterocycles. The Morgan fingerprint density at radius 1 is 0.163 bits per heavy atom. The molecule has 2 aromatic heterocycles. The van der Waals surface area contributed by atoms with Gasteiger partial charge in [0, 0.05) is 72.0 Å². The first kappa shape index (κ1) is 87.3. The van der Waals surface area contributed by atoms with Crippen LogP contribution in [0.25, 0.3) is 155 Å². The molecule has 0 fully saturated rings. The molecule has 692 valence electrons. The van der Waals surface area contributed by atoms with E-state index in [1.54, 1.807) is 0 Å². The Kier molecular flexibility index (Phi) is 21.4. The van der Waals surface area contributed by atoms with Crippen molar-refractivity contribution in [2.24, 2.45) is 0 Å². The Morgan fingerprint density at radius 2 is 0.449 bits per heavy atom. The van der Waals surface area contributed by atoms with E-state index in [4.69, 9.17) is 0 Å². The van der Waals surface area contributed by atoms with Gasteiger partial charge in [-0.15, -0.1) is 0 Å². The monoisotopic (exact) mass is 1870 g/mol. The normalized spacial score (nSPS) is 13.0. The maximum atomic E-state index is 2.55. The topological polar surface area (TPSA) is 16.3 Å². The zero-order valence-corrected chi connectivity index (χ0v) is 81.6. The number of para-hydroxylation sites is 5. The van der Waals surface area contributed by atoms with Crippen molar-refractivity contribution in [1.29, 1.82) is 0 Å². The van der Waals surface area contributed by atoms with Gasteiger partial charge >= 0.3 is 0 Å². The van der Waals surface area contributed by atoms with E-state index >= 15 is 0 Å². The van der Waals surface area contributed by atoms with Crippen molar-refractivity contribution in [2.75, 3.05) is 9.80 Å². The largest absolute Gasteiger partial charge is 0.310 e. The molecule has 0 atom stereocenters. The average molecular weight is 1870 g/mol. The van der Waals surface area contributed by atoms with Crippen molar-refractivity contribution >= 4 is 77.7 Å². The van der Waals surface area contributed by atoms with E-state index in [0.717, 1.165) is 78.6 Å². The fraction of sp³-hybridized carbons (Fsp3) is 0.0350. The molecule has 28 rings (SSSR count). The highest BCUT2D eigenvalue weighted by molar-refractivity contribution is 6.13. The summed E-state index contributed by atoms with van der Waals surface area (Å²) in [5.41, 5.74) is 47.1. The summed E-state index contributed by atoms with van der Waals surface area (Å²) in [7, 11) is 0. The minimum atomic E-state index is -0.570. The molecule has 0 saturated carbocycles. The van der Waals surface area contributed by atoms with Gasteiger partial charge in [-0.25, -0.2) is 0 Å². The first-order valence-corrected chi connectivity index (χ1v) is 51.1. The van der Waals surface area contributed by atoms with Crippen LogP contribution >= 0.6 is 0 Å². The van der Waals surface area contributed by atoms with Crippen LogP contribution in [-0.2, 0) is 16.2 Å². The molecule has 3 aliphatic rings. The lowest BCUT2D eigenvalue weighted by molar-refractivity contribution is 0.660. The van der Waals surface area contributed by atoms with E-state index < -0.39 is 10.8 Å². The van der Waals surface area contributed by atoms with Gasteiger partial charge in [-0.3, -0.25) is 0 Å². The van der Waals surface area contributed by atoms with E-state index in [9.17, 15) is 0 Å². The lowest BCUT2D eigenvalue weighted by Gasteiger charge is -2.35. The summed E-state index contributed by atoms with van der Waals surface area (Å²) < 4.78 is 5.09. The molecular formula is C143H100N4. The van der Waals surface area contributed by atoms with E-state index in [0.29, 0.717) is 0 Å². The third kappa shape index (κ3) is 14.3. The van der Waals surface area contributed by atoms with Crippen LogP contribution in [0.4, 0.5) is 34.1 Å². The highest BCUT2D eigenvalue weighted by atomic mass is 15.2. The molecule has 0 radical (unpaired) electrons. The lowest BCUT2D eigenvalue weighted by Crippen LogP contribution is -2.29. The summed E-state index contributed by atoms with van der Waals surface area (Å²) in [6.45, 7) is 4.71. The van der Waals surface area contributed by atoms with Crippen LogP contribution < -0.4 is 9.80 Å². The second-order valence-corrected chi connectivity index (χ2v) is 39.6. The van der Waals surface area contributed by atoms with Gasteiger partial charge < -0.3 is 18.9 Å². The molecule has 4 nitrogen and oxygen atoms in total. The summed E-state index contributed by atoms with van der Waals surface area (Å²) in [6, 6.07) is 210. The SMILES string of the molecule is CC1(C)c2ccccc2-c2cc(N(c3cccc(-c4ccccc4)c3)c3ccccc3-c3cccc(-c4ccc5c6ccccc6n(-c6cccc7c6C(c6ccccc6)(c6ccccc6)c6ccccc6-7)c5c4)c3)ccc21.c1ccc(-c2ccc(N(c3ccccc3)c3ccccc3-c3cccc(-c4ccc5c6ccccc6n(-c6cccc7c6C(c6ccccc6)(c6ccccc6)c6ccccc6-7)c5c4)c3)cc2)cc1. The molecule has 23 aromatic carbocycles. The minimum absolute atomic E-state index is 0.0971. The molecule has 25 aromatic rings. The van der Waals surface area contributed by atoms with Crippen molar-refractivity contribution in [3.05, 3.63) is 626 Å². The Balaban J connectivity index is 0.000000147. The maximum absolute atomic E-state index is 2.55. The number of fused-ring (bicyclic) bond motifs is 15. The Bertz CT molecular complexity index is 9290. The van der Waals surface area contributed by atoms with Gasteiger partial charge in [-0.2, -0.15) is 0 Å². The van der Waals surface area contributed by atoms with Crippen LogP contribution in [0, 0.1) is 0 Å². The number of benzene rings is 23. The predicted octanol–water partition coefficient (Wildman–Crippen LogP) is 37.5. The van der Waals surface area contributed by atoms with Crippen LogP contribution in [0.2, 0.25) is 0 Å². The fourth-order valence-electron chi connectivity index (χ4n) is 24.9. The van der Waals surface area contributed by atoms with Gasteiger partial charge in [0.25, 0.3) is 0 Å². The number of hydrogen-bond donors (Lipinski definition) is 0. The molecule has 3 aliphatic carbocycles. The standard InChI is InChI=1S/C76H54N2.C67H46N2/c1-75(2)67-38-16-12-35-62(67)66-50-59(44-46-68(66)75)77(58-32-21-26-53(48-58)51-23-6-3-7-24-51)70-40-18-14-33-60(70)55-27-20-25-52(47-55)54-43-45-64-63-36-15-19-41-71(63)78(73(64)49-54)72-42-22-37-65-61-34-13-17-39-69(61)76(74(65)72,56-28-8-4-9-29-56)57-30-10-5-11-31-57;1-5-21-47(22-6-1)48-39-42-55(43-40-48)68(54-29-11-4-12-30-54)62-36-17-14-31-56(62)51-24-19-23-49(45-51)50-41-44-59-58-33-15-18-37-63(58)69(65(59)46-50)64-38-20-34-60-57-32-13-16-35-61(57)67(66(60)64,52-25-7-2-8-26-52)53-27-9-3-10-28-53/h3-50H,1-2H3;1-46H. The van der Waals surface area contributed by atoms with Gasteiger partial charge in [-0.1, -0.05) is 475 Å². The molecule has 147 heavy (non-hydrogen) atoms. The van der Waals surface area contributed by atoms with Crippen LogP contribution in [-0.4, -0.2) is 9.13 Å². The highest BCUT2D eigenvalue weighted by Gasteiger charge is 2.50. The second kappa shape index (κ2) is 36.0. The molecular weight excluding hydrogens is 1770 g/mol. The van der Waals surface area contributed by atoms with Crippen molar-refractivity contribution in [3.8, 4) is 112 Å². The predicted molar refractivity (Wildman–Crippen MR) is 616 cm³/mol. The molecule has 0 amide bonds. The first-order chi connectivity index (χ1) is 72.7. The molecule has 0 saturated heterocycles. The van der Waals surface area contributed by atoms with E-state index in [1.165, 1.54) is 166 Å². The Morgan fingerprint density at radius 3 is 0.918 bits per heavy atom. The molecule has 4 heteroatoms. The van der Waals surface area contributed by atoms with Crippen LogP contribution in [0.15, 0.2) is 570 Å². The highest BCUT2D eigenvalue weighted by Crippen LogP contribution is 2.62. The van der Waals surface area contributed by atoms with Gasteiger partial charge in [-0.05, 0) is 243 Å². The Hall–Kier alpha value is -18.7. The van der Waals surface area contributed by atoms with Crippen molar-refractivity contribution in [1.82, 2.24) is 9.13 Å². The fourth-order valence-corrected chi connectivity index (χ4v) is 24.9. The van der Waals surface area contributed by atoms with Crippen LogP contribution in [0.5, 0.6) is 0 Å². The molecule has 0 aliphatic heterocycles. The Labute approximate surface area is 857 Å². The van der Waals surface area contributed by atoms with Crippen molar-refractivity contribution in [2.45, 2.75) is 30.1 Å². The molecule has 0 unspecified atom stereocenters. The zero-order chi connectivity index (χ0) is 97.7. The number of hydrogen-bond acceptors (Lipinski definition) is 2. The van der Waals surface area contributed by atoms with Crippen LogP contribution in [0.3, 0.4) is 0 Å². The smallest absolute Gasteiger partial charge is 0.0734 e. The summed E-state index contributed by atoms with van der Waals surface area (Å²) in [6.07, 6.45) is 0. The molecule has 0 bridgehead atoms. The number of nitrogens with zero attached hydrogens (tertiary/aromatic N) is 4. The number of rotatable bonds is 18. The van der Waals surface area contributed by atoms with Gasteiger partial charge in [0.05, 0.1) is 55.6 Å². The maximum Gasteiger partial charge on any atom is 0.0734 e. The summed E-state index contributed by atoms with van der Waals surface area (Å²) in [4.78, 5) is 4.84. The first-order valence-electron chi connectivity index (χ1n) is 51.1. The number of aromatic nitrogens is 2. The summed E-state index contributed by atoms with van der Waals surface area (Å²) in [5, 5.41) is 4.92. The third-order valence-corrected chi connectivity index (χ3v) is 31.3. The molecule has 0 spiro atoms. The van der Waals surface area contributed by atoms with E-state index in [2.05, 4.69) is 603 Å². The quantitative estimate of drug-likeness (QED) is 0.0851. The van der Waals surface area contributed by atoms with E-state index in [1.807, 2.05) is 0 Å². The van der Waals surface area contributed by atoms with Crippen LogP contribution in [0.1, 0.15) is 69.5 Å². The third-order valence-electron chi connectivity index (χ3n) is 31.3. The summed E-state index contributed by atoms with van der Waals surface area (Å²) in [5.74, 6) is 0. The van der Waals surface area contributed by atoms with E-state index in [-0.39, 0.29) is 5.41 Å². The zero-order valence-electron chi connectivity index (χ0n) is 81.6. The van der Waals surface area contributed by atoms with Gasteiger partial charge in [0.2, 0.25) is 0 Å². The van der Waals surface area contributed by atoms with Crippen molar-refractivity contribution in [3.63, 3.8) is 0 Å². The second-order valence-electron chi connectivity index (χ2n) is 39.6. The van der Waals surface area contributed by atoms with Gasteiger partial charge in [0.1, 0.15) is 0 Å².